The molecule has 1 N–H and O–H groups in total. The first-order valence-electron chi connectivity index (χ1n) is 6.91. The molecule has 2 aromatic rings. The maximum atomic E-state index is 12.1. The fourth-order valence-electron chi connectivity index (χ4n) is 2.00. The summed E-state index contributed by atoms with van der Waals surface area (Å²) in [5, 5.41) is 12.0. The predicted octanol–water partition coefficient (Wildman–Crippen LogP) is 2.96. The molecule has 21 heavy (non-hydrogen) atoms. The number of carbonyl (C=O) groups excluding carboxylic acids is 1. The standard InChI is InChI=1S/C17H17N3O/c1-2-13-5-7-16(8-6-13)20-17(21)15(11-18)10-14-4-3-9-19-12-14/h3-9,12,15H,2,10H2,1H3,(H,20,21)/t15-/m0/s1. The third-order valence-electron chi connectivity index (χ3n) is 3.26. The molecule has 1 aromatic carbocycles. The Bertz CT molecular complexity index is 629. The van der Waals surface area contributed by atoms with Gasteiger partial charge in [-0.25, -0.2) is 0 Å². The van der Waals surface area contributed by atoms with E-state index in [1.54, 1.807) is 18.5 Å². The molecule has 1 aromatic heterocycles. The van der Waals surface area contributed by atoms with Crippen molar-refractivity contribution in [2.75, 3.05) is 5.32 Å². The van der Waals surface area contributed by atoms with Gasteiger partial charge in [-0.05, 0) is 42.2 Å². The number of pyridine rings is 1. The van der Waals surface area contributed by atoms with Crippen LogP contribution in [0.3, 0.4) is 0 Å². The van der Waals surface area contributed by atoms with Crippen molar-refractivity contribution in [2.24, 2.45) is 5.92 Å². The Morgan fingerprint density at radius 1 is 1.29 bits per heavy atom. The number of benzene rings is 1. The smallest absolute Gasteiger partial charge is 0.242 e. The van der Waals surface area contributed by atoms with Crippen molar-refractivity contribution in [3.05, 3.63) is 59.9 Å². The molecule has 0 saturated carbocycles. The van der Waals surface area contributed by atoms with Crippen LogP contribution in [0.1, 0.15) is 18.1 Å². The Morgan fingerprint density at radius 2 is 2.05 bits per heavy atom. The summed E-state index contributed by atoms with van der Waals surface area (Å²) in [4.78, 5) is 16.1. The molecule has 1 amide bonds. The van der Waals surface area contributed by atoms with Crippen molar-refractivity contribution in [1.29, 1.82) is 5.26 Å². The summed E-state index contributed by atoms with van der Waals surface area (Å²) in [5.41, 5.74) is 2.80. The Balaban J connectivity index is 2.01. The van der Waals surface area contributed by atoms with E-state index in [-0.39, 0.29) is 5.91 Å². The summed E-state index contributed by atoms with van der Waals surface area (Å²) in [6.07, 6.45) is 4.66. The van der Waals surface area contributed by atoms with E-state index < -0.39 is 5.92 Å². The van der Waals surface area contributed by atoms with Crippen molar-refractivity contribution >= 4 is 11.6 Å². The Morgan fingerprint density at radius 3 is 2.62 bits per heavy atom. The summed E-state index contributed by atoms with van der Waals surface area (Å²) in [7, 11) is 0. The largest absolute Gasteiger partial charge is 0.325 e. The van der Waals surface area contributed by atoms with Crippen LogP contribution in [0.4, 0.5) is 5.69 Å². The number of hydrogen-bond donors (Lipinski definition) is 1. The Hall–Kier alpha value is -2.67. The second kappa shape index (κ2) is 7.20. The van der Waals surface area contributed by atoms with Crippen LogP contribution in [0.5, 0.6) is 0 Å². The minimum atomic E-state index is -0.722. The molecule has 0 spiro atoms. The van der Waals surface area contributed by atoms with Crippen LogP contribution in [0.25, 0.3) is 0 Å². The highest BCUT2D eigenvalue weighted by Gasteiger charge is 2.18. The Kier molecular flexibility index (Phi) is 5.05. The topological polar surface area (TPSA) is 65.8 Å². The van der Waals surface area contributed by atoms with E-state index in [2.05, 4.69) is 23.3 Å². The first-order chi connectivity index (χ1) is 10.2. The first kappa shape index (κ1) is 14.7. The summed E-state index contributed by atoms with van der Waals surface area (Å²) in [6.45, 7) is 2.08. The van der Waals surface area contributed by atoms with Crippen LogP contribution in [-0.4, -0.2) is 10.9 Å². The average molecular weight is 279 g/mol. The lowest BCUT2D eigenvalue weighted by Gasteiger charge is -2.10. The fourth-order valence-corrected chi connectivity index (χ4v) is 2.00. The molecule has 2 rings (SSSR count). The van der Waals surface area contributed by atoms with Crippen LogP contribution < -0.4 is 5.32 Å². The van der Waals surface area contributed by atoms with E-state index in [1.807, 2.05) is 30.3 Å². The lowest BCUT2D eigenvalue weighted by molar-refractivity contribution is -0.118. The highest BCUT2D eigenvalue weighted by atomic mass is 16.1. The number of anilines is 1. The molecule has 4 heteroatoms. The number of amides is 1. The Labute approximate surface area is 124 Å². The van der Waals surface area contributed by atoms with Crippen LogP contribution in [0, 0.1) is 17.2 Å². The molecule has 0 radical (unpaired) electrons. The molecule has 1 atom stereocenters. The van der Waals surface area contributed by atoms with Gasteiger partial charge in [-0.2, -0.15) is 5.26 Å². The number of aryl methyl sites for hydroxylation is 1. The molecule has 0 fully saturated rings. The monoisotopic (exact) mass is 279 g/mol. The summed E-state index contributed by atoms with van der Waals surface area (Å²) in [5.74, 6) is -1.01. The number of nitrogens with one attached hydrogen (secondary N) is 1. The van der Waals surface area contributed by atoms with Crippen molar-refractivity contribution in [3.63, 3.8) is 0 Å². The van der Waals surface area contributed by atoms with Gasteiger partial charge in [0.2, 0.25) is 5.91 Å². The second-order valence-electron chi connectivity index (χ2n) is 4.79. The number of nitrogens with zero attached hydrogens (tertiary/aromatic N) is 2. The normalized spacial score (nSPS) is 11.4. The van der Waals surface area contributed by atoms with Gasteiger partial charge in [0.1, 0.15) is 5.92 Å². The predicted molar refractivity (Wildman–Crippen MR) is 81.5 cm³/mol. The molecule has 0 bridgehead atoms. The van der Waals surface area contributed by atoms with Crippen molar-refractivity contribution in [1.82, 2.24) is 4.98 Å². The highest BCUT2D eigenvalue weighted by Crippen LogP contribution is 2.13. The highest BCUT2D eigenvalue weighted by molar-refractivity contribution is 5.94. The van der Waals surface area contributed by atoms with E-state index >= 15 is 0 Å². The molecule has 0 aliphatic rings. The van der Waals surface area contributed by atoms with E-state index in [0.29, 0.717) is 12.1 Å². The fraction of sp³-hybridized carbons (Fsp3) is 0.235. The summed E-state index contributed by atoms with van der Waals surface area (Å²) < 4.78 is 0. The maximum Gasteiger partial charge on any atom is 0.242 e. The third-order valence-corrected chi connectivity index (χ3v) is 3.26. The van der Waals surface area contributed by atoms with Gasteiger partial charge in [-0.1, -0.05) is 25.1 Å². The quantitative estimate of drug-likeness (QED) is 0.915. The second-order valence-corrected chi connectivity index (χ2v) is 4.79. The van der Waals surface area contributed by atoms with Gasteiger partial charge in [0.15, 0.2) is 0 Å². The molecule has 0 unspecified atom stereocenters. The molecule has 0 saturated heterocycles. The van der Waals surface area contributed by atoms with Gasteiger partial charge in [-0.15, -0.1) is 0 Å². The van der Waals surface area contributed by atoms with Crippen LogP contribution >= 0.6 is 0 Å². The minimum Gasteiger partial charge on any atom is -0.325 e. The lowest BCUT2D eigenvalue weighted by Crippen LogP contribution is -2.23. The van der Waals surface area contributed by atoms with Crippen molar-refractivity contribution in [2.45, 2.75) is 19.8 Å². The summed E-state index contributed by atoms with van der Waals surface area (Å²) in [6, 6.07) is 13.4. The van der Waals surface area contributed by atoms with Gasteiger partial charge < -0.3 is 5.32 Å². The van der Waals surface area contributed by atoms with Crippen LogP contribution in [-0.2, 0) is 17.6 Å². The molecular weight excluding hydrogens is 262 g/mol. The zero-order valence-electron chi connectivity index (χ0n) is 11.9. The van der Waals surface area contributed by atoms with Crippen LogP contribution in [0.15, 0.2) is 48.8 Å². The van der Waals surface area contributed by atoms with Crippen molar-refractivity contribution < 1.29 is 4.79 Å². The number of aromatic nitrogens is 1. The zero-order valence-corrected chi connectivity index (χ0v) is 11.9. The molecule has 1 heterocycles. The average Bonchev–Trinajstić information content (AvgIpc) is 2.54. The van der Waals surface area contributed by atoms with Gasteiger partial charge in [0, 0.05) is 18.1 Å². The number of nitriles is 1. The molecule has 106 valence electrons. The van der Waals surface area contributed by atoms with Gasteiger partial charge in [-0.3, -0.25) is 9.78 Å². The number of rotatable bonds is 5. The van der Waals surface area contributed by atoms with Crippen LogP contribution in [0.2, 0.25) is 0 Å². The van der Waals surface area contributed by atoms with E-state index in [1.165, 1.54) is 5.56 Å². The first-order valence-corrected chi connectivity index (χ1v) is 6.91. The molecule has 0 aliphatic heterocycles. The molecule has 4 nitrogen and oxygen atoms in total. The maximum absolute atomic E-state index is 12.1. The lowest BCUT2D eigenvalue weighted by atomic mass is 10.0. The zero-order chi connectivity index (χ0) is 15.1. The number of hydrogen-bond acceptors (Lipinski definition) is 3. The SMILES string of the molecule is CCc1ccc(NC(=O)[C@H](C#N)Cc2cccnc2)cc1. The van der Waals surface area contributed by atoms with E-state index in [4.69, 9.17) is 0 Å². The van der Waals surface area contributed by atoms with E-state index in [0.717, 1.165) is 12.0 Å². The summed E-state index contributed by atoms with van der Waals surface area (Å²) >= 11 is 0. The van der Waals surface area contributed by atoms with Crippen molar-refractivity contribution in [3.8, 4) is 6.07 Å². The molecule has 0 aliphatic carbocycles. The molecular formula is C17H17N3O. The van der Waals surface area contributed by atoms with Gasteiger partial charge in [0.25, 0.3) is 0 Å². The van der Waals surface area contributed by atoms with Gasteiger partial charge >= 0.3 is 0 Å². The third kappa shape index (κ3) is 4.15. The van der Waals surface area contributed by atoms with Gasteiger partial charge in [0.05, 0.1) is 6.07 Å². The minimum absolute atomic E-state index is 0.286. The number of carbonyl (C=O) groups is 1. The van der Waals surface area contributed by atoms with E-state index in [9.17, 15) is 10.1 Å².